The van der Waals surface area contributed by atoms with Crippen molar-refractivity contribution < 1.29 is 93.9 Å². The zero-order valence-electron chi connectivity index (χ0n) is 26.9. The van der Waals surface area contributed by atoms with Gasteiger partial charge in [-0.15, -0.1) is 0 Å². The van der Waals surface area contributed by atoms with Crippen molar-refractivity contribution in [3.8, 4) is 79.7 Å². The SMILES string of the molecule is O=C1OCC2OC(O)CC(O)[C@@H]2OC(=O)c2cc(O)c(O)c(O)c2-c2c(O)c(O)c3oc(=O)c4c(c(O)c(O)c5oc(=O)c2c3c54)-c2c1cc(O)c(O)c2O. The summed E-state index contributed by atoms with van der Waals surface area (Å²) >= 11 is 0. The van der Waals surface area contributed by atoms with Crippen LogP contribution in [0.4, 0.5) is 0 Å². The standard InChI is InChI=1S/C34H22O21/c35-7-1-5-12(22(41)20(7)39)14-18-16-17-19(34(50)55-29(16)26(45)24(14)43)15(25(44)27(46)30(17)54-33(18)49)13-6(2-8(36)21(40)23(13)42)32(48)53-28-9(37)3-11(38)52-10(28)4-51-31(5)47/h1-2,9-11,28,35-46H,3-4H2/t9?,10?,11?,28-/m0/s1. The highest BCUT2D eigenvalue weighted by Crippen LogP contribution is 2.58. The summed E-state index contributed by atoms with van der Waals surface area (Å²) in [6, 6.07) is 0.984. The van der Waals surface area contributed by atoms with Crippen LogP contribution in [0.1, 0.15) is 27.1 Å². The maximum Gasteiger partial charge on any atom is 0.345 e. The van der Waals surface area contributed by atoms with Crippen molar-refractivity contribution in [1.29, 1.82) is 0 Å². The molecule has 21 nitrogen and oxygen atoms in total. The minimum Gasteiger partial charge on any atom is -0.504 e. The van der Waals surface area contributed by atoms with Crippen LogP contribution in [0.3, 0.4) is 0 Å². The molecule has 2 aromatic heterocycles. The van der Waals surface area contributed by atoms with Crippen LogP contribution in [0.5, 0.6) is 57.5 Å². The zero-order valence-corrected chi connectivity index (χ0v) is 26.9. The van der Waals surface area contributed by atoms with Crippen LogP contribution in [0, 0.1) is 0 Å². The van der Waals surface area contributed by atoms with Crippen LogP contribution in [-0.4, -0.2) is 104 Å². The Kier molecular flexibility index (Phi) is 7.30. The van der Waals surface area contributed by atoms with Gasteiger partial charge in [0.1, 0.15) is 12.7 Å². The molecule has 3 unspecified atom stereocenters. The number of hydrogen-bond acceptors (Lipinski definition) is 21. The maximum absolute atomic E-state index is 13.9. The second-order valence-corrected chi connectivity index (χ2v) is 12.5. The van der Waals surface area contributed by atoms with E-state index in [0.717, 1.165) is 0 Å². The molecule has 6 aromatic rings. The monoisotopic (exact) mass is 766 g/mol. The first kappa shape index (κ1) is 34.7. The third-order valence-corrected chi connectivity index (χ3v) is 9.44. The largest absolute Gasteiger partial charge is 0.504 e. The Hall–Kier alpha value is -7.36. The summed E-state index contributed by atoms with van der Waals surface area (Å²) in [5.41, 5.74) is -11.4. The molecule has 12 N–H and O–H groups in total. The van der Waals surface area contributed by atoms with E-state index in [2.05, 4.69) is 0 Å². The van der Waals surface area contributed by atoms with Crippen molar-refractivity contribution in [2.24, 2.45) is 0 Å². The first-order valence-corrected chi connectivity index (χ1v) is 15.6. The summed E-state index contributed by atoms with van der Waals surface area (Å²) in [5.74, 6) is -16.7. The molecule has 0 saturated carbocycles. The number of fused-ring (bicyclic) bond motifs is 5. The quantitative estimate of drug-likeness (QED) is 0.0444. The number of carbonyl (C=O) groups excluding carboxylic acids is 2. The number of ether oxygens (including phenoxy) is 3. The lowest BCUT2D eigenvalue weighted by Crippen LogP contribution is -2.52. The maximum atomic E-state index is 13.9. The number of aliphatic hydroxyl groups is 2. The third-order valence-electron chi connectivity index (χ3n) is 9.44. The van der Waals surface area contributed by atoms with Crippen LogP contribution in [0.2, 0.25) is 0 Å². The molecule has 2 aliphatic heterocycles. The van der Waals surface area contributed by atoms with Gasteiger partial charge in [-0.2, -0.15) is 0 Å². The van der Waals surface area contributed by atoms with Gasteiger partial charge in [0.15, 0.2) is 58.1 Å². The van der Waals surface area contributed by atoms with E-state index in [4.69, 9.17) is 23.0 Å². The Balaban J connectivity index is 1.63. The van der Waals surface area contributed by atoms with Gasteiger partial charge in [-0.25, -0.2) is 19.2 Å². The van der Waals surface area contributed by atoms with E-state index in [9.17, 15) is 80.5 Å². The molecular weight excluding hydrogens is 744 g/mol. The smallest absolute Gasteiger partial charge is 0.345 e. The fraction of sp³-hybridized carbons (Fsp3) is 0.176. The lowest BCUT2D eigenvalue weighted by Gasteiger charge is -2.37. The topological polar surface area (TPSA) is 365 Å². The van der Waals surface area contributed by atoms with E-state index >= 15 is 0 Å². The number of carbonyl (C=O) groups is 2. The van der Waals surface area contributed by atoms with Crippen molar-refractivity contribution >= 4 is 44.6 Å². The molecule has 1 saturated heterocycles. The molecule has 2 aliphatic rings. The van der Waals surface area contributed by atoms with E-state index in [1.165, 1.54) is 0 Å². The predicted molar refractivity (Wildman–Crippen MR) is 176 cm³/mol. The number of cyclic esters (lactones) is 1. The van der Waals surface area contributed by atoms with E-state index < -0.39 is 184 Å². The van der Waals surface area contributed by atoms with Gasteiger partial charge >= 0.3 is 23.2 Å². The van der Waals surface area contributed by atoms with Crippen LogP contribution in [-0.2, 0) is 14.2 Å². The van der Waals surface area contributed by atoms with Crippen molar-refractivity contribution in [1.82, 2.24) is 0 Å². The average Bonchev–Trinajstić information content (AvgIpc) is 3.13. The normalized spacial score (nSPS) is 20.1. The fourth-order valence-corrected chi connectivity index (χ4v) is 7.01. The number of esters is 2. The lowest BCUT2D eigenvalue weighted by atomic mass is 9.88. The Labute approximate surface area is 300 Å². The van der Waals surface area contributed by atoms with E-state index in [1.807, 2.05) is 0 Å². The summed E-state index contributed by atoms with van der Waals surface area (Å²) in [5, 5.41) is 127. The number of rotatable bonds is 0. The summed E-state index contributed by atoms with van der Waals surface area (Å²) in [4.78, 5) is 55.4. The molecule has 4 atom stereocenters. The molecule has 4 aromatic carbocycles. The molecule has 1 fully saturated rings. The van der Waals surface area contributed by atoms with Crippen molar-refractivity contribution in [3.05, 3.63) is 44.1 Å². The van der Waals surface area contributed by atoms with Crippen molar-refractivity contribution in [2.75, 3.05) is 6.61 Å². The summed E-state index contributed by atoms with van der Waals surface area (Å²) in [6.45, 7) is -1.03. The molecule has 55 heavy (non-hydrogen) atoms. The lowest BCUT2D eigenvalue weighted by molar-refractivity contribution is -0.239. The van der Waals surface area contributed by atoms with Gasteiger partial charge in [0, 0.05) is 39.4 Å². The third kappa shape index (κ3) is 4.63. The molecule has 6 bridgehead atoms. The first-order chi connectivity index (χ1) is 25.9. The van der Waals surface area contributed by atoms with Gasteiger partial charge in [-0.1, -0.05) is 0 Å². The van der Waals surface area contributed by atoms with Crippen LogP contribution in [0.25, 0.3) is 55.0 Å². The number of hydrogen-bond donors (Lipinski definition) is 12. The van der Waals surface area contributed by atoms with E-state index in [0.29, 0.717) is 12.1 Å². The zero-order chi connectivity index (χ0) is 39.7. The number of benzene rings is 4. The van der Waals surface area contributed by atoms with Gasteiger partial charge in [0.05, 0.1) is 28.0 Å². The van der Waals surface area contributed by atoms with Gasteiger partial charge in [0.25, 0.3) is 0 Å². The second-order valence-electron chi connectivity index (χ2n) is 12.5. The molecule has 21 heteroatoms. The Morgan fingerprint density at radius 2 is 0.964 bits per heavy atom. The highest BCUT2D eigenvalue weighted by molar-refractivity contribution is 6.29. The predicted octanol–water partition coefficient (Wildman–Crippen LogP) is 1.04. The highest BCUT2D eigenvalue weighted by atomic mass is 16.7. The molecule has 8 rings (SSSR count). The van der Waals surface area contributed by atoms with E-state index in [1.54, 1.807) is 0 Å². The molecule has 4 heterocycles. The fourth-order valence-electron chi connectivity index (χ4n) is 7.01. The number of phenolic OH excluding ortho intramolecular Hbond substituents is 10. The summed E-state index contributed by atoms with van der Waals surface area (Å²) in [6.07, 6.45) is -7.86. The minimum atomic E-state index is -1.90. The molecule has 0 spiro atoms. The van der Waals surface area contributed by atoms with Crippen molar-refractivity contribution in [2.45, 2.75) is 31.0 Å². The Morgan fingerprint density at radius 1 is 0.527 bits per heavy atom. The highest BCUT2D eigenvalue weighted by Gasteiger charge is 2.43. The summed E-state index contributed by atoms with van der Waals surface area (Å²) < 4.78 is 26.6. The van der Waals surface area contributed by atoms with Gasteiger partial charge in [0.2, 0.25) is 23.0 Å². The number of aliphatic hydroxyl groups excluding tert-OH is 2. The summed E-state index contributed by atoms with van der Waals surface area (Å²) in [7, 11) is 0. The average molecular weight is 767 g/mol. The molecule has 0 amide bonds. The Bertz CT molecular complexity index is 2830. The van der Waals surface area contributed by atoms with Gasteiger partial charge in [-0.3, -0.25) is 0 Å². The molecule has 0 radical (unpaired) electrons. The first-order valence-electron chi connectivity index (χ1n) is 15.6. The molecule has 284 valence electrons. The van der Waals surface area contributed by atoms with Gasteiger partial charge < -0.3 is 84.3 Å². The van der Waals surface area contributed by atoms with Crippen LogP contribution >= 0.6 is 0 Å². The molecular formula is C34H22O21. The van der Waals surface area contributed by atoms with Crippen LogP contribution in [0.15, 0.2) is 30.6 Å². The van der Waals surface area contributed by atoms with Crippen molar-refractivity contribution in [3.63, 3.8) is 0 Å². The van der Waals surface area contributed by atoms with Crippen LogP contribution < -0.4 is 11.3 Å². The minimum absolute atomic E-state index is 0.484. The Morgan fingerprint density at radius 3 is 1.44 bits per heavy atom. The van der Waals surface area contributed by atoms with E-state index in [-0.39, 0.29) is 0 Å². The molecule has 0 aliphatic carbocycles. The number of aromatic hydroxyl groups is 10. The van der Waals surface area contributed by atoms with Gasteiger partial charge in [-0.05, 0) is 12.1 Å². The number of phenols is 10. The second kappa shape index (κ2) is 11.6.